The Labute approximate surface area is 103 Å². The molecule has 1 aliphatic rings. The van der Waals surface area contributed by atoms with Crippen molar-refractivity contribution >= 4 is 0 Å². The SMILES string of the molecule is CNCc1ccc(F)c(CN(C)CC2CC2)c1. The van der Waals surface area contributed by atoms with E-state index in [2.05, 4.69) is 17.3 Å². The monoisotopic (exact) mass is 236 g/mol. The quantitative estimate of drug-likeness (QED) is 0.816. The van der Waals surface area contributed by atoms with Gasteiger partial charge in [-0.25, -0.2) is 4.39 Å². The van der Waals surface area contributed by atoms with Gasteiger partial charge >= 0.3 is 0 Å². The highest BCUT2D eigenvalue weighted by atomic mass is 19.1. The van der Waals surface area contributed by atoms with Gasteiger partial charge in [0, 0.05) is 25.2 Å². The lowest BCUT2D eigenvalue weighted by atomic mass is 10.1. The molecule has 1 aromatic carbocycles. The normalized spacial score (nSPS) is 15.5. The Morgan fingerprint density at radius 3 is 2.82 bits per heavy atom. The Morgan fingerprint density at radius 1 is 1.41 bits per heavy atom. The predicted molar refractivity (Wildman–Crippen MR) is 68.2 cm³/mol. The average Bonchev–Trinajstić information content (AvgIpc) is 3.07. The highest BCUT2D eigenvalue weighted by Crippen LogP contribution is 2.29. The molecule has 17 heavy (non-hydrogen) atoms. The standard InChI is InChI=1S/C14H21FN2/c1-16-8-12-5-6-14(15)13(7-12)10-17(2)9-11-3-4-11/h5-7,11,16H,3-4,8-10H2,1-2H3. The first-order chi connectivity index (χ1) is 8.19. The van der Waals surface area contributed by atoms with Crippen LogP contribution in [-0.4, -0.2) is 25.5 Å². The number of nitrogens with one attached hydrogen (secondary N) is 1. The van der Waals surface area contributed by atoms with Crippen LogP contribution >= 0.6 is 0 Å². The van der Waals surface area contributed by atoms with Crippen molar-refractivity contribution in [1.82, 2.24) is 10.2 Å². The molecule has 2 rings (SSSR count). The second-order valence-electron chi connectivity index (χ2n) is 5.10. The van der Waals surface area contributed by atoms with Crippen LogP contribution in [0.3, 0.4) is 0 Å². The molecule has 0 heterocycles. The van der Waals surface area contributed by atoms with E-state index in [4.69, 9.17) is 0 Å². The van der Waals surface area contributed by atoms with Crippen molar-refractivity contribution in [2.75, 3.05) is 20.6 Å². The molecular formula is C14H21FN2. The number of nitrogens with zero attached hydrogens (tertiary/aromatic N) is 1. The van der Waals surface area contributed by atoms with Crippen LogP contribution < -0.4 is 5.32 Å². The summed E-state index contributed by atoms with van der Waals surface area (Å²) < 4.78 is 13.7. The second-order valence-corrected chi connectivity index (χ2v) is 5.10. The summed E-state index contributed by atoms with van der Waals surface area (Å²) in [7, 11) is 3.98. The van der Waals surface area contributed by atoms with Crippen LogP contribution in [0.4, 0.5) is 4.39 Å². The Balaban J connectivity index is 1.99. The highest BCUT2D eigenvalue weighted by molar-refractivity contribution is 5.25. The van der Waals surface area contributed by atoms with Gasteiger partial charge < -0.3 is 10.2 Å². The van der Waals surface area contributed by atoms with Crippen LogP contribution in [0.1, 0.15) is 24.0 Å². The predicted octanol–water partition coefficient (Wildman–Crippen LogP) is 2.39. The topological polar surface area (TPSA) is 15.3 Å². The van der Waals surface area contributed by atoms with E-state index in [0.29, 0.717) is 6.54 Å². The Morgan fingerprint density at radius 2 is 2.18 bits per heavy atom. The van der Waals surface area contributed by atoms with Gasteiger partial charge in [-0.3, -0.25) is 0 Å². The molecule has 0 bridgehead atoms. The number of halogens is 1. The van der Waals surface area contributed by atoms with Crippen molar-refractivity contribution in [3.8, 4) is 0 Å². The van der Waals surface area contributed by atoms with Crippen LogP contribution in [0.15, 0.2) is 18.2 Å². The minimum Gasteiger partial charge on any atom is -0.316 e. The maximum atomic E-state index is 13.7. The lowest BCUT2D eigenvalue weighted by Gasteiger charge is -2.17. The van der Waals surface area contributed by atoms with Gasteiger partial charge in [-0.05, 0) is 44.5 Å². The van der Waals surface area contributed by atoms with Gasteiger partial charge in [-0.1, -0.05) is 12.1 Å². The summed E-state index contributed by atoms with van der Waals surface area (Å²) in [4.78, 5) is 2.22. The zero-order valence-corrected chi connectivity index (χ0v) is 10.7. The van der Waals surface area contributed by atoms with E-state index >= 15 is 0 Å². The molecule has 94 valence electrons. The molecular weight excluding hydrogens is 215 g/mol. The number of benzene rings is 1. The first-order valence-electron chi connectivity index (χ1n) is 6.29. The molecule has 0 radical (unpaired) electrons. The Hall–Kier alpha value is -0.930. The van der Waals surface area contributed by atoms with Gasteiger partial charge in [0.05, 0.1) is 0 Å². The fourth-order valence-corrected chi connectivity index (χ4v) is 2.16. The van der Waals surface area contributed by atoms with Crippen molar-refractivity contribution in [2.24, 2.45) is 5.92 Å². The summed E-state index contributed by atoms with van der Waals surface area (Å²) in [5, 5.41) is 3.09. The van der Waals surface area contributed by atoms with Crippen LogP contribution in [0.5, 0.6) is 0 Å². The maximum absolute atomic E-state index is 13.7. The van der Waals surface area contributed by atoms with Crippen LogP contribution in [0.2, 0.25) is 0 Å². The van der Waals surface area contributed by atoms with E-state index in [1.165, 1.54) is 12.8 Å². The fraction of sp³-hybridized carbons (Fsp3) is 0.571. The van der Waals surface area contributed by atoms with Gasteiger partial charge in [0.2, 0.25) is 0 Å². The van der Waals surface area contributed by atoms with Crippen LogP contribution in [0.25, 0.3) is 0 Å². The molecule has 0 atom stereocenters. The molecule has 0 unspecified atom stereocenters. The van der Waals surface area contributed by atoms with E-state index < -0.39 is 0 Å². The summed E-state index contributed by atoms with van der Waals surface area (Å²) >= 11 is 0. The lowest BCUT2D eigenvalue weighted by Crippen LogP contribution is -2.21. The van der Waals surface area contributed by atoms with Crippen molar-refractivity contribution in [3.63, 3.8) is 0 Å². The highest BCUT2D eigenvalue weighted by Gasteiger charge is 2.23. The van der Waals surface area contributed by atoms with Gasteiger partial charge in [-0.15, -0.1) is 0 Å². The van der Waals surface area contributed by atoms with E-state index in [-0.39, 0.29) is 5.82 Å². The number of hydrogen-bond acceptors (Lipinski definition) is 2. The van der Waals surface area contributed by atoms with Gasteiger partial charge in [0.25, 0.3) is 0 Å². The molecule has 0 aliphatic heterocycles. The number of rotatable bonds is 6. The zero-order chi connectivity index (χ0) is 12.3. The molecule has 3 heteroatoms. The van der Waals surface area contributed by atoms with E-state index in [9.17, 15) is 4.39 Å². The molecule has 0 saturated heterocycles. The molecule has 1 N–H and O–H groups in total. The molecule has 2 nitrogen and oxygen atoms in total. The van der Waals surface area contributed by atoms with E-state index in [0.717, 1.165) is 30.1 Å². The van der Waals surface area contributed by atoms with Crippen molar-refractivity contribution < 1.29 is 4.39 Å². The lowest BCUT2D eigenvalue weighted by molar-refractivity contribution is 0.308. The molecule has 0 aromatic heterocycles. The molecule has 1 aromatic rings. The largest absolute Gasteiger partial charge is 0.316 e. The molecule has 0 amide bonds. The molecule has 0 spiro atoms. The molecule has 1 saturated carbocycles. The van der Waals surface area contributed by atoms with E-state index in [1.807, 2.05) is 19.2 Å². The third kappa shape index (κ3) is 3.79. The molecule has 1 aliphatic carbocycles. The van der Waals surface area contributed by atoms with Crippen molar-refractivity contribution in [3.05, 3.63) is 35.1 Å². The average molecular weight is 236 g/mol. The maximum Gasteiger partial charge on any atom is 0.127 e. The van der Waals surface area contributed by atoms with Crippen LogP contribution in [0, 0.1) is 11.7 Å². The van der Waals surface area contributed by atoms with Crippen LogP contribution in [-0.2, 0) is 13.1 Å². The fourth-order valence-electron chi connectivity index (χ4n) is 2.16. The summed E-state index contributed by atoms with van der Waals surface area (Å²) in [5.74, 6) is 0.760. The van der Waals surface area contributed by atoms with Crippen molar-refractivity contribution in [1.29, 1.82) is 0 Å². The minimum absolute atomic E-state index is 0.0903. The van der Waals surface area contributed by atoms with Gasteiger partial charge in [0.1, 0.15) is 5.82 Å². The number of hydrogen-bond donors (Lipinski definition) is 1. The van der Waals surface area contributed by atoms with Gasteiger partial charge in [0.15, 0.2) is 0 Å². The summed E-state index contributed by atoms with van der Waals surface area (Å²) in [6, 6.07) is 5.39. The zero-order valence-electron chi connectivity index (χ0n) is 10.7. The first kappa shape index (κ1) is 12.5. The van der Waals surface area contributed by atoms with Gasteiger partial charge in [-0.2, -0.15) is 0 Å². The summed E-state index contributed by atoms with van der Waals surface area (Å²) in [5.41, 5.74) is 1.95. The third-order valence-electron chi connectivity index (χ3n) is 3.20. The Bertz CT molecular complexity index is 374. The third-order valence-corrected chi connectivity index (χ3v) is 3.20. The Kier molecular flexibility index (Phi) is 4.13. The smallest absolute Gasteiger partial charge is 0.127 e. The van der Waals surface area contributed by atoms with Crippen molar-refractivity contribution in [2.45, 2.75) is 25.9 Å². The molecule has 1 fully saturated rings. The van der Waals surface area contributed by atoms with E-state index in [1.54, 1.807) is 6.07 Å². The summed E-state index contributed by atoms with van der Waals surface area (Å²) in [6.07, 6.45) is 2.68. The summed E-state index contributed by atoms with van der Waals surface area (Å²) in [6.45, 7) is 2.59. The first-order valence-corrected chi connectivity index (χ1v) is 6.29. The second kappa shape index (κ2) is 5.61. The minimum atomic E-state index is -0.0903.